The second kappa shape index (κ2) is 8.84. The number of hydrogen-bond donors (Lipinski definition) is 1. The highest BCUT2D eigenvalue weighted by atomic mass is 16.1. The van der Waals surface area contributed by atoms with Crippen LogP contribution in [0.2, 0.25) is 0 Å². The number of benzene rings is 1. The molecule has 1 aliphatic rings. The fourth-order valence-electron chi connectivity index (χ4n) is 3.69. The van der Waals surface area contributed by atoms with E-state index in [1.54, 1.807) is 0 Å². The number of rotatable bonds is 7. The van der Waals surface area contributed by atoms with Crippen molar-refractivity contribution in [3.05, 3.63) is 47.8 Å². The number of para-hydroxylation sites is 1. The predicted octanol–water partition coefficient (Wildman–Crippen LogP) is 4.20. The molecule has 0 spiro atoms. The maximum atomic E-state index is 12.1. The van der Waals surface area contributed by atoms with Gasteiger partial charge in [-0.25, -0.2) is 4.68 Å². The van der Waals surface area contributed by atoms with E-state index in [1.165, 1.54) is 37.7 Å². The zero-order chi connectivity index (χ0) is 17.5. The molecule has 1 saturated carbocycles. The molecule has 4 heteroatoms. The standard InChI is InChI=1S/C21H29N3O/c1-17-19(16-24(23-17)20-12-6-3-7-13-20)11-8-14-22-21(25)15-18-9-4-2-5-10-18/h3,6-7,12-13,16,18H,2,4-5,8-11,14-15H2,1H3,(H,22,25). The molecule has 1 aliphatic carbocycles. The van der Waals surface area contributed by atoms with Crippen molar-refractivity contribution in [3.8, 4) is 5.69 Å². The lowest BCUT2D eigenvalue weighted by Crippen LogP contribution is -2.27. The minimum atomic E-state index is 0.226. The van der Waals surface area contributed by atoms with Crippen molar-refractivity contribution in [3.63, 3.8) is 0 Å². The summed E-state index contributed by atoms with van der Waals surface area (Å²) >= 11 is 0. The van der Waals surface area contributed by atoms with Crippen LogP contribution in [-0.4, -0.2) is 22.2 Å². The van der Waals surface area contributed by atoms with Crippen molar-refractivity contribution < 1.29 is 4.79 Å². The third-order valence-electron chi connectivity index (χ3n) is 5.17. The second-order valence-electron chi connectivity index (χ2n) is 7.18. The zero-order valence-corrected chi connectivity index (χ0v) is 15.2. The molecular weight excluding hydrogens is 310 g/mol. The van der Waals surface area contributed by atoms with Crippen molar-refractivity contribution in [1.29, 1.82) is 0 Å². The molecule has 0 saturated heterocycles. The molecule has 0 unspecified atom stereocenters. The molecule has 1 aromatic heterocycles. The van der Waals surface area contributed by atoms with Gasteiger partial charge in [0.05, 0.1) is 11.4 Å². The van der Waals surface area contributed by atoms with E-state index in [0.717, 1.165) is 30.8 Å². The van der Waals surface area contributed by atoms with Gasteiger partial charge >= 0.3 is 0 Å². The highest BCUT2D eigenvalue weighted by molar-refractivity contribution is 5.76. The monoisotopic (exact) mass is 339 g/mol. The van der Waals surface area contributed by atoms with E-state index in [0.29, 0.717) is 12.3 Å². The van der Waals surface area contributed by atoms with Crippen LogP contribution in [0.5, 0.6) is 0 Å². The van der Waals surface area contributed by atoms with Gasteiger partial charge in [0.2, 0.25) is 5.91 Å². The molecule has 0 bridgehead atoms. The van der Waals surface area contributed by atoms with Gasteiger partial charge in [-0.2, -0.15) is 5.10 Å². The molecule has 3 rings (SSSR count). The molecule has 0 aliphatic heterocycles. The van der Waals surface area contributed by atoms with Crippen LogP contribution in [0.15, 0.2) is 36.5 Å². The topological polar surface area (TPSA) is 46.9 Å². The van der Waals surface area contributed by atoms with Crippen LogP contribution >= 0.6 is 0 Å². The highest BCUT2D eigenvalue weighted by Gasteiger charge is 2.16. The van der Waals surface area contributed by atoms with E-state index in [9.17, 15) is 4.79 Å². The van der Waals surface area contributed by atoms with Crippen molar-refractivity contribution >= 4 is 5.91 Å². The summed E-state index contributed by atoms with van der Waals surface area (Å²) in [5.74, 6) is 0.837. The normalized spacial score (nSPS) is 15.2. The maximum absolute atomic E-state index is 12.1. The minimum absolute atomic E-state index is 0.226. The zero-order valence-electron chi connectivity index (χ0n) is 15.2. The average molecular weight is 339 g/mol. The second-order valence-corrected chi connectivity index (χ2v) is 7.18. The third-order valence-corrected chi connectivity index (χ3v) is 5.17. The van der Waals surface area contributed by atoms with Crippen LogP contribution in [0.3, 0.4) is 0 Å². The molecule has 4 nitrogen and oxygen atoms in total. The number of nitrogens with one attached hydrogen (secondary N) is 1. The van der Waals surface area contributed by atoms with Crippen LogP contribution in [-0.2, 0) is 11.2 Å². The third kappa shape index (κ3) is 5.18. The highest BCUT2D eigenvalue weighted by Crippen LogP contribution is 2.26. The number of aromatic nitrogens is 2. The van der Waals surface area contributed by atoms with E-state index < -0.39 is 0 Å². The quantitative estimate of drug-likeness (QED) is 0.769. The van der Waals surface area contributed by atoms with Gasteiger partial charge in [0, 0.05) is 19.2 Å². The number of aryl methyl sites for hydroxylation is 2. The van der Waals surface area contributed by atoms with Crippen LogP contribution in [0.25, 0.3) is 5.69 Å². The summed E-state index contributed by atoms with van der Waals surface area (Å²) in [4.78, 5) is 12.1. The Kier molecular flexibility index (Phi) is 6.26. The molecule has 0 radical (unpaired) electrons. The fraction of sp³-hybridized carbons (Fsp3) is 0.524. The van der Waals surface area contributed by atoms with Crippen molar-refractivity contribution in [2.75, 3.05) is 6.54 Å². The van der Waals surface area contributed by atoms with E-state index in [-0.39, 0.29) is 5.91 Å². The van der Waals surface area contributed by atoms with E-state index in [4.69, 9.17) is 0 Å². The molecule has 2 aromatic rings. The lowest BCUT2D eigenvalue weighted by atomic mass is 9.87. The molecule has 1 heterocycles. The Labute approximate surface area is 150 Å². The molecular formula is C21H29N3O. The van der Waals surface area contributed by atoms with Crippen molar-refractivity contribution in [1.82, 2.24) is 15.1 Å². The summed E-state index contributed by atoms with van der Waals surface area (Å²) in [7, 11) is 0. The van der Waals surface area contributed by atoms with Gasteiger partial charge in [-0.1, -0.05) is 37.5 Å². The molecule has 1 aromatic carbocycles. The summed E-state index contributed by atoms with van der Waals surface area (Å²) in [6.07, 6.45) is 11.1. The Morgan fingerprint density at radius 3 is 2.72 bits per heavy atom. The first-order chi connectivity index (χ1) is 12.2. The van der Waals surface area contributed by atoms with Crippen LogP contribution < -0.4 is 5.32 Å². The van der Waals surface area contributed by atoms with E-state index in [1.807, 2.05) is 22.9 Å². The Morgan fingerprint density at radius 1 is 1.20 bits per heavy atom. The molecule has 1 fully saturated rings. The lowest BCUT2D eigenvalue weighted by Gasteiger charge is -2.20. The van der Waals surface area contributed by atoms with Crippen LogP contribution in [0, 0.1) is 12.8 Å². The van der Waals surface area contributed by atoms with Gasteiger partial charge < -0.3 is 5.32 Å². The van der Waals surface area contributed by atoms with E-state index in [2.05, 4.69) is 35.7 Å². The molecule has 0 atom stereocenters. The number of carbonyl (C=O) groups excluding carboxylic acids is 1. The number of carbonyl (C=O) groups is 1. The number of nitrogens with zero attached hydrogens (tertiary/aromatic N) is 2. The van der Waals surface area contributed by atoms with E-state index >= 15 is 0 Å². The van der Waals surface area contributed by atoms with Crippen molar-refractivity contribution in [2.45, 2.75) is 58.3 Å². The average Bonchev–Trinajstić information content (AvgIpc) is 3.01. The SMILES string of the molecule is Cc1nn(-c2ccccc2)cc1CCCNC(=O)CC1CCCCC1. The molecule has 25 heavy (non-hydrogen) atoms. The first kappa shape index (κ1) is 17.7. The van der Waals surface area contributed by atoms with Crippen molar-refractivity contribution in [2.24, 2.45) is 5.92 Å². The van der Waals surface area contributed by atoms with Gasteiger partial charge in [0.25, 0.3) is 0 Å². The van der Waals surface area contributed by atoms with Gasteiger partial charge in [-0.15, -0.1) is 0 Å². The predicted molar refractivity (Wildman–Crippen MR) is 101 cm³/mol. The number of hydrogen-bond acceptors (Lipinski definition) is 2. The van der Waals surface area contributed by atoms with Gasteiger partial charge in [0.1, 0.15) is 0 Å². The minimum Gasteiger partial charge on any atom is -0.356 e. The summed E-state index contributed by atoms with van der Waals surface area (Å²) in [5.41, 5.74) is 3.40. The van der Waals surface area contributed by atoms with Gasteiger partial charge in [-0.3, -0.25) is 4.79 Å². The van der Waals surface area contributed by atoms with Crippen LogP contribution in [0.1, 0.15) is 56.2 Å². The molecule has 1 N–H and O–H groups in total. The summed E-state index contributed by atoms with van der Waals surface area (Å²) in [6, 6.07) is 10.2. The largest absolute Gasteiger partial charge is 0.356 e. The fourth-order valence-corrected chi connectivity index (χ4v) is 3.69. The summed E-state index contributed by atoms with van der Waals surface area (Å²) in [6.45, 7) is 2.80. The number of amides is 1. The Balaban J connectivity index is 1.41. The lowest BCUT2D eigenvalue weighted by molar-refractivity contribution is -0.122. The van der Waals surface area contributed by atoms with Crippen LogP contribution in [0.4, 0.5) is 0 Å². The summed E-state index contributed by atoms with van der Waals surface area (Å²) in [5, 5.41) is 7.69. The first-order valence-corrected chi connectivity index (χ1v) is 9.59. The van der Waals surface area contributed by atoms with Gasteiger partial charge in [0.15, 0.2) is 0 Å². The Morgan fingerprint density at radius 2 is 1.96 bits per heavy atom. The molecule has 1 amide bonds. The first-order valence-electron chi connectivity index (χ1n) is 9.59. The Hall–Kier alpha value is -2.10. The Bertz CT molecular complexity index is 672. The summed E-state index contributed by atoms with van der Waals surface area (Å²) < 4.78 is 1.94. The smallest absolute Gasteiger partial charge is 0.220 e. The maximum Gasteiger partial charge on any atom is 0.220 e. The van der Waals surface area contributed by atoms with Gasteiger partial charge in [-0.05, 0) is 56.2 Å². The molecule has 134 valence electrons.